The van der Waals surface area contributed by atoms with Crippen LogP contribution in [0.5, 0.6) is 5.88 Å². The molecule has 1 aliphatic heterocycles. The molecule has 0 saturated carbocycles. The normalized spacial score (nSPS) is 14.3. The molecule has 146 valence electrons. The third-order valence-corrected chi connectivity index (χ3v) is 5.25. The molecule has 1 aromatic carbocycles. The van der Waals surface area contributed by atoms with Gasteiger partial charge in [-0.1, -0.05) is 29.3 Å². The van der Waals surface area contributed by atoms with Crippen LogP contribution >= 0.6 is 23.2 Å². The second kappa shape index (κ2) is 8.84. The molecule has 0 spiro atoms. The highest BCUT2D eigenvalue weighted by Gasteiger charge is 2.13. The zero-order valence-electron chi connectivity index (χ0n) is 15.5. The molecule has 0 aliphatic carbocycles. The van der Waals surface area contributed by atoms with Crippen LogP contribution in [0.15, 0.2) is 48.8 Å². The quantitative estimate of drug-likeness (QED) is 0.553. The standard InChI is InChI=1S/C21H22Cl2N4O/c22-17-11-16(12-18(23)13-17)14-27-10-7-24-20(27)15-28-21-6-4-5-19(25-21)26-8-2-1-3-9-26/h4-7,10-13H,1-3,8-9,14-15H2. The van der Waals surface area contributed by atoms with Crippen molar-refractivity contribution in [2.45, 2.75) is 32.4 Å². The third kappa shape index (κ3) is 4.78. The van der Waals surface area contributed by atoms with Gasteiger partial charge in [-0.15, -0.1) is 0 Å². The monoisotopic (exact) mass is 416 g/mol. The van der Waals surface area contributed by atoms with E-state index >= 15 is 0 Å². The number of piperidine rings is 1. The third-order valence-electron chi connectivity index (χ3n) is 4.82. The van der Waals surface area contributed by atoms with Crippen LogP contribution in [0.25, 0.3) is 0 Å². The largest absolute Gasteiger partial charge is 0.469 e. The Morgan fingerprint density at radius 1 is 1.00 bits per heavy atom. The fourth-order valence-corrected chi connectivity index (χ4v) is 4.02. The molecule has 5 nitrogen and oxygen atoms in total. The Balaban J connectivity index is 1.42. The molecule has 3 heterocycles. The highest BCUT2D eigenvalue weighted by Crippen LogP contribution is 2.22. The summed E-state index contributed by atoms with van der Waals surface area (Å²) in [7, 11) is 0. The van der Waals surface area contributed by atoms with Crippen LogP contribution in [0.4, 0.5) is 5.82 Å². The Morgan fingerprint density at radius 2 is 1.79 bits per heavy atom. The summed E-state index contributed by atoms with van der Waals surface area (Å²) in [6.45, 7) is 3.09. The van der Waals surface area contributed by atoms with E-state index in [1.807, 2.05) is 41.1 Å². The van der Waals surface area contributed by atoms with Crippen LogP contribution in [-0.2, 0) is 13.2 Å². The lowest BCUT2D eigenvalue weighted by Crippen LogP contribution is -2.30. The van der Waals surface area contributed by atoms with E-state index in [2.05, 4.69) is 14.9 Å². The van der Waals surface area contributed by atoms with Crippen LogP contribution < -0.4 is 9.64 Å². The lowest BCUT2D eigenvalue weighted by Gasteiger charge is -2.27. The number of ether oxygens (including phenoxy) is 1. The topological polar surface area (TPSA) is 43.2 Å². The van der Waals surface area contributed by atoms with Gasteiger partial charge in [0.05, 0.1) is 0 Å². The molecular weight excluding hydrogens is 395 g/mol. The minimum Gasteiger partial charge on any atom is -0.469 e. The maximum Gasteiger partial charge on any atom is 0.215 e. The van der Waals surface area contributed by atoms with Gasteiger partial charge in [-0.05, 0) is 49.1 Å². The number of halogens is 2. The van der Waals surface area contributed by atoms with Crippen molar-refractivity contribution in [1.82, 2.24) is 14.5 Å². The highest BCUT2D eigenvalue weighted by molar-refractivity contribution is 6.34. The molecule has 3 aromatic rings. The number of hydrogen-bond acceptors (Lipinski definition) is 4. The molecule has 2 aromatic heterocycles. The van der Waals surface area contributed by atoms with Crippen molar-refractivity contribution in [2.75, 3.05) is 18.0 Å². The Hall–Kier alpha value is -2.24. The van der Waals surface area contributed by atoms with Gasteiger partial charge < -0.3 is 14.2 Å². The first-order chi connectivity index (χ1) is 13.7. The van der Waals surface area contributed by atoms with Crippen molar-refractivity contribution < 1.29 is 4.74 Å². The van der Waals surface area contributed by atoms with E-state index in [0.717, 1.165) is 30.3 Å². The fourth-order valence-electron chi connectivity index (χ4n) is 3.45. The average molecular weight is 417 g/mol. The van der Waals surface area contributed by atoms with E-state index in [1.54, 1.807) is 12.3 Å². The predicted molar refractivity (Wildman–Crippen MR) is 112 cm³/mol. The Labute approximate surface area is 174 Å². The lowest BCUT2D eigenvalue weighted by molar-refractivity contribution is 0.279. The van der Waals surface area contributed by atoms with E-state index in [-0.39, 0.29) is 0 Å². The maximum absolute atomic E-state index is 6.10. The lowest BCUT2D eigenvalue weighted by atomic mass is 10.1. The van der Waals surface area contributed by atoms with Gasteiger partial charge in [0, 0.05) is 48.1 Å². The molecule has 4 rings (SSSR count). The SMILES string of the molecule is Clc1cc(Cl)cc(Cn2ccnc2COc2cccc(N3CCCCC3)n2)c1. The second-order valence-electron chi connectivity index (χ2n) is 6.92. The van der Waals surface area contributed by atoms with Crippen molar-refractivity contribution in [3.8, 4) is 5.88 Å². The second-order valence-corrected chi connectivity index (χ2v) is 7.79. The molecule has 0 N–H and O–H groups in total. The number of hydrogen-bond donors (Lipinski definition) is 0. The van der Waals surface area contributed by atoms with Crippen molar-refractivity contribution in [3.05, 3.63) is 70.2 Å². The predicted octanol–water partition coefficient (Wildman–Crippen LogP) is 5.20. The molecule has 28 heavy (non-hydrogen) atoms. The van der Waals surface area contributed by atoms with Gasteiger partial charge in [-0.25, -0.2) is 4.98 Å². The van der Waals surface area contributed by atoms with Crippen molar-refractivity contribution in [2.24, 2.45) is 0 Å². The zero-order valence-corrected chi connectivity index (χ0v) is 17.0. The molecule has 0 atom stereocenters. The number of anilines is 1. The van der Waals surface area contributed by atoms with E-state index < -0.39 is 0 Å². The average Bonchev–Trinajstić information content (AvgIpc) is 3.13. The summed E-state index contributed by atoms with van der Waals surface area (Å²) < 4.78 is 7.96. The number of pyridine rings is 1. The van der Waals surface area contributed by atoms with Gasteiger partial charge in [0.1, 0.15) is 18.2 Å². The summed E-state index contributed by atoms with van der Waals surface area (Å²) >= 11 is 12.2. The molecular formula is C21H22Cl2N4O. The molecule has 0 unspecified atom stereocenters. The van der Waals surface area contributed by atoms with Gasteiger partial charge in [0.15, 0.2) is 0 Å². The van der Waals surface area contributed by atoms with Crippen LogP contribution in [0.2, 0.25) is 10.0 Å². The first-order valence-corrected chi connectivity index (χ1v) is 10.2. The number of aromatic nitrogens is 3. The molecule has 0 bridgehead atoms. The van der Waals surface area contributed by atoms with E-state index in [1.165, 1.54) is 19.3 Å². The van der Waals surface area contributed by atoms with E-state index in [0.29, 0.717) is 29.1 Å². The minimum atomic E-state index is 0.345. The minimum absolute atomic E-state index is 0.345. The van der Waals surface area contributed by atoms with Gasteiger partial charge >= 0.3 is 0 Å². The summed E-state index contributed by atoms with van der Waals surface area (Å²) in [6.07, 6.45) is 7.43. The van der Waals surface area contributed by atoms with Crippen molar-refractivity contribution in [3.63, 3.8) is 0 Å². The molecule has 0 amide bonds. The van der Waals surface area contributed by atoms with Crippen LogP contribution in [0, 0.1) is 0 Å². The number of nitrogens with zero attached hydrogens (tertiary/aromatic N) is 4. The molecule has 7 heteroatoms. The number of benzene rings is 1. The smallest absolute Gasteiger partial charge is 0.215 e. The summed E-state index contributed by atoms with van der Waals surface area (Å²) in [5.74, 6) is 2.42. The number of rotatable bonds is 6. The summed E-state index contributed by atoms with van der Waals surface area (Å²) in [4.78, 5) is 11.4. The van der Waals surface area contributed by atoms with Gasteiger partial charge in [0.25, 0.3) is 0 Å². The van der Waals surface area contributed by atoms with Gasteiger partial charge in [-0.3, -0.25) is 0 Å². The summed E-state index contributed by atoms with van der Waals surface area (Å²) in [6, 6.07) is 11.5. The summed E-state index contributed by atoms with van der Waals surface area (Å²) in [5.41, 5.74) is 1.02. The van der Waals surface area contributed by atoms with Crippen LogP contribution in [-0.4, -0.2) is 27.6 Å². The van der Waals surface area contributed by atoms with Crippen molar-refractivity contribution in [1.29, 1.82) is 0 Å². The van der Waals surface area contributed by atoms with E-state index in [4.69, 9.17) is 27.9 Å². The zero-order chi connectivity index (χ0) is 19.3. The highest BCUT2D eigenvalue weighted by atomic mass is 35.5. The first-order valence-electron chi connectivity index (χ1n) is 9.47. The van der Waals surface area contributed by atoms with Crippen molar-refractivity contribution >= 4 is 29.0 Å². The first kappa shape index (κ1) is 19.1. The molecule has 1 aliphatic rings. The molecule has 1 fully saturated rings. The van der Waals surface area contributed by atoms with Gasteiger partial charge in [0.2, 0.25) is 5.88 Å². The Bertz CT molecular complexity index is 917. The van der Waals surface area contributed by atoms with Gasteiger partial charge in [-0.2, -0.15) is 4.98 Å². The Kier molecular flexibility index (Phi) is 6.03. The van der Waals surface area contributed by atoms with E-state index in [9.17, 15) is 0 Å². The number of imidazole rings is 1. The summed E-state index contributed by atoms with van der Waals surface area (Å²) in [5, 5.41) is 1.25. The fraction of sp³-hybridized carbons (Fsp3) is 0.333. The van der Waals surface area contributed by atoms with Crippen LogP contribution in [0.1, 0.15) is 30.7 Å². The maximum atomic E-state index is 6.10. The molecule has 0 radical (unpaired) electrons. The van der Waals surface area contributed by atoms with Crippen LogP contribution in [0.3, 0.4) is 0 Å². The molecule has 1 saturated heterocycles. The Morgan fingerprint density at radius 3 is 2.57 bits per heavy atom.